The van der Waals surface area contributed by atoms with Crippen LogP contribution < -0.4 is 5.73 Å². The number of hydrogen-bond donors (Lipinski definition) is 1. The summed E-state index contributed by atoms with van der Waals surface area (Å²) in [6, 6.07) is 0.741. The zero-order valence-electron chi connectivity index (χ0n) is 10.5. The van der Waals surface area contributed by atoms with Crippen molar-refractivity contribution in [2.45, 2.75) is 32.0 Å². The zero-order chi connectivity index (χ0) is 12.1. The predicted molar refractivity (Wildman–Crippen MR) is 66.6 cm³/mol. The van der Waals surface area contributed by atoms with Crippen molar-refractivity contribution >= 4 is 0 Å². The van der Waals surface area contributed by atoms with Crippen LogP contribution in [0.4, 0.5) is 0 Å². The minimum atomic E-state index is 0.659. The first kappa shape index (κ1) is 12.5. The first-order chi connectivity index (χ1) is 8.33. The van der Waals surface area contributed by atoms with E-state index in [1.807, 2.05) is 6.33 Å². The number of hydrogen-bond acceptors (Lipinski definition) is 4. The summed E-state index contributed by atoms with van der Waals surface area (Å²) in [6.07, 6.45) is 6.58. The smallest absolute Gasteiger partial charge is 0.0950 e. The summed E-state index contributed by atoms with van der Waals surface area (Å²) in [5.41, 5.74) is 6.65. The molecule has 5 heteroatoms. The van der Waals surface area contributed by atoms with Crippen molar-refractivity contribution < 1.29 is 4.74 Å². The second kappa shape index (κ2) is 6.14. The van der Waals surface area contributed by atoms with Gasteiger partial charge in [-0.1, -0.05) is 0 Å². The molecule has 17 heavy (non-hydrogen) atoms. The van der Waals surface area contributed by atoms with E-state index in [4.69, 9.17) is 10.5 Å². The third-order valence-electron chi connectivity index (χ3n) is 3.09. The molecule has 5 nitrogen and oxygen atoms in total. The maximum Gasteiger partial charge on any atom is 0.0950 e. The average molecular weight is 238 g/mol. The van der Waals surface area contributed by atoms with Gasteiger partial charge in [-0.15, -0.1) is 0 Å². The molecule has 0 radical (unpaired) electrons. The number of nitrogens with zero attached hydrogens (tertiary/aromatic N) is 3. The number of nitrogens with two attached hydrogens (primary N) is 1. The minimum Gasteiger partial charge on any atom is -0.383 e. The third kappa shape index (κ3) is 3.80. The molecular formula is C12H22N4O. The number of aromatic nitrogens is 2. The quantitative estimate of drug-likeness (QED) is 0.714. The van der Waals surface area contributed by atoms with Crippen LogP contribution >= 0.6 is 0 Å². The van der Waals surface area contributed by atoms with Crippen molar-refractivity contribution in [3.63, 3.8) is 0 Å². The fourth-order valence-electron chi connectivity index (χ4n) is 2.01. The molecular weight excluding hydrogens is 216 g/mol. The van der Waals surface area contributed by atoms with Gasteiger partial charge in [0.1, 0.15) is 0 Å². The Hall–Kier alpha value is -0.910. The van der Waals surface area contributed by atoms with Gasteiger partial charge in [0.2, 0.25) is 0 Å². The van der Waals surface area contributed by atoms with Crippen LogP contribution in [0.15, 0.2) is 12.5 Å². The zero-order valence-corrected chi connectivity index (χ0v) is 10.5. The van der Waals surface area contributed by atoms with E-state index < -0.39 is 0 Å². The Bertz CT molecular complexity index is 335. The lowest BCUT2D eigenvalue weighted by Gasteiger charge is -2.20. The SMILES string of the molecule is COCCN(Cc1cn(CCN)cn1)C1CC1. The maximum atomic E-state index is 5.52. The van der Waals surface area contributed by atoms with E-state index in [0.29, 0.717) is 6.54 Å². The summed E-state index contributed by atoms with van der Waals surface area (Å²) in [4.78, 5) is 6.87. The molecule has 1 fully saturated rings. The average Bonchev–Trinajstić information content (AvgIpc) is 3.08. The Morgan fingerprint density at radius 1 is 1.59 bits per heavy atom. The van der Waals surface area contributed by atoms with Gasteiger partial charge < -0.3 is 15.0 Å². The summed E-state index contributed by atoms with van der Waals surface area (Å²) in [5, 5.41) is 0. The Labute approximate surface area is 103 Å². The van der Waals surface area contributed by atoms with Gasteiger partial charge in [0.05, 0.1) is 18.6 Å². The van der Waals surface area contributed by atoms with Crippen molar-refractivity contribution in [3.8, 4) is 0 Å². The lowest BCUT2D eigenvalue weighted by Crippen LogP contribution is -2.29. The Balaban J connectivity index is 1.87. The first-order valence-electron chi connectivity index (χ1n) is 6.27. The molecule has 1 heterocycles. The molecule has 0 bridgehead atoms. The van der Waals surface area contributed by atoms with Crippen LogP contribution in [-0.4, -0.2) is 47.3 Å². The predicted octanol–water partition coefficient (Wildman–Crippen LogP) is 0.453. The lowest BCUT2D eigenvalue weighted by molar-refractivity contribution is 0.139. The molecule has 1 aliphatic carbocycles. The molecule has 0 atom stereocenters. The van der Waals surface area contributed by atoms with Crippen LogP contribution in [-0.2, 0) is 17.8 Å². The molecule has 0 aromatic carbocycles. The van der Waals surface area contributed by atoms with Gasteiger partial charge in [-0.25, -0.2) is 4.98 Å². The van der Waals surface area contributed by atoms with E-state index >= 15 is 0 Å². The fraction of sp³-hybridized carbons (Fsp3) is 0.750. The van der Waals surface area contributed by atoms with Gasteiger partial charge in [-0.05, 0) is 12.8 Å². The van der Waals surface area contributed by atoms with Gasteiger partial charge in [0.25, 0.3) is 0 Å². The first-order valence-corrected chi connectivity index (χ1v) is 6.27. The largest absolute Gasteiger partial charge is 0.383 e. The van der Waals surface area contributed by atoms with E-state index in [9.17, 15) is 0 Å². The highest BCUT2D eigenvalue weighted by Crippen LogP contribution is 2.27. The molecule has 1 aromatic rings. The third-order valence-corrected chi connectivity index (χ3v) is 3.09. The number of rotatable bonds is 8. The summed E-state index contributed by atoms with van der Waals surface area (Å²) in [5.74, 6) is 0. The van der Waals surface area contributed by atoms with Crippen LogP contribution in [0.1, 0.15) is 18.5 Å². The second-order valence-corrected chi connectivity index (χ2v) is 4.59. The van der Waals surface area contributed by atoms with Crippen molar-refractivity contribution in [3.05, 3.63) is 18.2 Å². The van der Waals surface area contributed by atoms with Crippen molar-refractivity contribution in [2.24, 2.45) is 5.73 Å². The van der Waals surface area contributed by atoms with Gasteiger partial charge in [0, 0.05) is 45.5 Å². The molecule has 0 saturated heterocycles. The second-order valence-electron chi connectivity index (χ2n) is 4.59. The van der Waals surface area contributed by atoms with Crippen LogP contribution in [0, 0.1) is 0 Å². The molecule has 2 N–H and O–H groups in total. The summed E-state index contributed by atoms with van der Waals surface area (Å²) < 4.78 is 7.20. The van der Waals surface area contributed by atoms with E-state index in [1.54, 1.807) is 7.11 Å². The lowest BCUT2D eigenvalue weighted by atomic mass is 10.4. The van der Waals surface area contributed by atoms with Crippen molar-refractivity contribution in [1.29, 1.82) is 0 Å². The van der Waals surface area contributed by atoms with E-state index in [2.05, 4.69) is 20.6 Å². The molecule has 0 amide bonds. The molecule has 1 saturated carbocycles. The van der Waals surface area contributed by atoms with Crippen LogP contribution in [0.25, 0.3) is 0 Å². The molecule has 0 aliphatic heterocycles. The molecule has 0 unspecified atom stereocenters. The highest BCUT2D eigenvalue weighted by molar-refractivity contribution is 4.99. The standard InChI is InChI=1S/C12H22N4O/c1-17-7-6-16(12-2-3-12)9-11-8-15(5-4-13)10-14-11/h8,10,12H,2-7,9,13H2,1H3. The van der Waals surface area contributed by atoms with E-state index in [1.165, 1.54) is 12.8 Å². The van der Waals surface area contributed by atoms with Gasteiger partial charge >= 0.3 is 0 Å². The van der Waals surface area contributed by atoms with E-state index in [0.717, 1.165) is 38.0 Å². The van der Waals surface area contributed by atoms with Gasteiger partial charge in [-0.3, -0.25) is 4.90 Å². The Morgan fingerprint density at radius 2 is 2.41 bits per heavy atom. The van der Waals surface area contributed by atoms with Crippen LogP contribution in [0.2, 0.25) is 0 Å². The molecule has 1 aromatic heterocycles. The van der Waals surface area contributed by atoms with E-state index in [-0.39, 0.29) is 0 Å². The highest BCUT2D eigenvalue weighted by Gasteiger charge is 2.28. The molecule has 1 aliphatic rings. The minimum absolute atomic E-state index is 0.659. The van der Waals surface area contributed by atoms with Crippen molar-refractivity contribution in [1.82, 2.24) is 14.5 Å². The van der Waals surface area contributed by atoms with Gasteiger partial charge in [0.15, 0.2) is 0 Å². The Morgan fingerprint density at radius 3 is 3.06 bits per heavy atom. The summed E-state index contributed by atoms with van der Waals surface area (Å²) >= 11 is 0. The number of methoxy groups -OCH3 is 1. The topological polar surface area (TPSA) is 56.3 Å². The number of ether oxygens (including phenoxy) is 1. The Kier molecular flexibility index (Phi) is 4.53. The van der Waals surface area contributed by atoms with Crippen LogP contribution in [0.3, 0.4) is 0 Å². The molecule has 0 spiro atoms. The molecule has 2 rings (SSSR count). The normalized spacial score (nSPS) is 15.7. The van der Waals surface area contributed by atoms with Crippen molar-refractivity contribution in [2.75, 3.05) is 26.8 Å². The van der Waals surface area contributed by atoms with Gasteiger partial charge in [-0.2, -0.15) is 0 Å². The fourth-order valence-corrected chi connectivity index (χ4v) is 2.01. The maximum absolute atomic E-state index is 5.52. The summed E-state index contributed by atoms with van der Waals surface area (Å²) in [6.45, 7) is 4.21. The number of imidazole rings is 1. The van der Waals surface area contributed by atoms with Crippen LogP contribution in [0.5, 0.6) is 0 Å². The highest BCUT2D eigenvalue weighted by atomic mass is 16.5. The summed E-state index contributed by atoms with van der Waals surface area (Å²) in [7, 11) is 1.75. The molecule has 96 valence electrons. The monoisotopic (exact) mass is 238 g/mol.